The molecular formula is C18H28F6O4Ti. The molecular weight excluding hydrogens is 442 g/mol. The second-order valence-electron chi connectivity index (χ2n) is 5.44. The molecule has 0 aliphatic heterocycles. The molecule has 0 spiro atoms. The topological polar surface area (TPSA) is 80.3 Å². The van der Waals surface area contributed by atoms with Crippen LogP contribution >= 0.6 is 0 Å². The third-order valence-corrected chi connectivity index (χ3v) is 1.57. The summed E-state index contributed by atoms with van der Waals surface area (Å²) in [7, 11) is 0. The van der Waals surface area contributed by atoms with Crippen LogP contribution in [0, 0.1) is 0 Å². The zero-order valence-electron chi connectivity index (χ0n) is 17.3. The molecule has 0 unspecified atom stereocenters. The summed E-state index contributed by atoms with van der Waals surface area (Å²) < 4.78 is 68.2. The van der Waals surface area contributed by atoms with Crippen molar-refractivity contribution in [3.05, 3.63) is 24.3 Å². The molecule has 0 fully saturated rings. The Balaban J connectivity index is -0.0000000950. The maximum atomic E-state index is 11.4. The number of alkyl halides is 6. The van der Waals surface area contributed by atoms with Crippen LogP contribution in [0.1, 0.15) is 54.4 Å². The smallest absolute Gasteiger partial charge is 0.852 e. The Morgan fingerprint density at radius 3 is 1.00 bits per heavy atom. The van der Waals surface area contributed by atoms with Gasteiger partial charge in [0, 0.05) is 0 Å². The first-order valence-electron chi connectivity index (χ1n) is 8.30. The van der Waals surface area contributed by atoms with Gasteiger partial charge in [-0.3, -0.25) is 9.59 Å². The van der Waals surface area contributed by atoms with Crippen LogP contribution in [-0.4, -0.2) is 36.1 Å². The van der Waals surface area contributed by atoms with Gasteiger partial charge in [-0.25, -0.2) is 0 Å². The fourth-order valence-electron chi connectivity index (χ4n) is 0.639. The first kappa shape index (κ1) is 38.6. The summed E-state index contributed by atoms with van der Waals surface area (Å²) in [5.74, 6) is -3.59. The Morgan fingerprint density at radius 2 is 0.897 bits per heavy atom. The molecule has 0 saturated heterocycles. The minimum absolute atomic E-state index is 0. The Kier molecular flexibility index (Phi) is 28.9. The van der Waals surface area contributed by atoms with Crippen LogP contribution in [0.15, 0.2) is 24.3 Å². The van der Waals surface area contributed by atoms with Crippen molar-refractivity contribution in [2.24, 2.45) is 0 Å². The van der Waals surface area contributed by atoms with Crippen molar-refractivity contribution in [2.75, 3.05) is 0 Å². The molecule has 0 aromatic carbocycles. The molecule has 0 aliphatic rings. The average molecular weight is 470 g/mol. The summed E-state index contributed by atoms with van der Waals surface area (Å²) in [5, 5.41) is 19.1. The molecule has 0 amide bonds. The summed E-state index contributed by atoms with van der Waals surface area (Å²) in [6, 6.07) is 0. The molecule has 0 N–H and O–H groups in total. The largest absolute Gasteiger partial charge is 2.00 e. The molecule has 0 aliphatic carbocycles. The fraction of sp³-hybridized carbons (Fsp3) is 0.667. The Morgan fingerprint density at radius 1 is 0.724 bits per heavy atom. The van der Waals surface area contributed by atoms with Crippen LogP contribution in [0.3, 0.4) is 0 Å². The van der Waals surface area contributed by atoms with Gasteiger partial charge in [0.05, 0.1) is 0 Å². The molecule has 0 bridgehead atoms. The average Bonchev–Trinajstić information content (AvgIpc) is 2.47. The second-order valence-corrected chi connectivity index (χ2v) is 5.44. The van der Waals surface area contributed by atoms with Crippen molar-refractivity contribution in [1.82, 2.24) is 0 Å². The summed E-state index contributed by atoms with van der Waals surface area (Å²) in [5.41, 5.74) is 0. The van der Waals surface area contributed by atoms with E-state index in [1.165, 1.54) is 12.2 Å². The van der Waals surface area contributed by atoms with E-state index >= 15 is 0 Å². The number of hydrogen-bond acceptors (Lipinski definition) is 4. The van der Waals surface area contributed by atoms with Crippen LogP contribution in [-0.2, 0) is 31.3 Å². The van der Waals surface area contributed by atoms with E-state index in [-0.39, 0.29) is 21.7 Å². The van der Waals surface area contributed by atoms with Gasteiger partial charge < -0.3 is 10.2 Å². The van der Waals surface area contributed by atoms with Gasteiger partial charge in [0.15, 0.2) is 0 Å². The van der Waals surface area contributed by atoms with Crippen molar-refractivity contribution in [3.63, 3.8) is 0 Å². The molecule has 0 saturated carbocycles. The van der Waals surface area contributed by atoms with E-state index in [0.717, 1.165) is 0 Å². The Hall–Kier alpha value is -0.966. The molecule has 4 nitrogen and oxygen atoms in total. The number of carbonyl (C=O) groups excluding carboxylic acids is 2. The SMILES string of the molecule is CC(C)[O-].CC(C)[O-].CCC=CC(=O)C(F)(F)F.CCC=CC(=O)C(F)(F)F.[Ti+2]. The van der Waals surface area contributed by atoms with Gasteiger partial charge in [0.25, 0.3) is 11.6 Å². The standard InChI is InChI=1S/2C6H7F3O.2C3H7O.Ti/c2*1-2-3-4-5(10)6(7,8)9;2*1-3(2)4;/h2*3-4H,2H2,1H3;2*3H,1-2H3;/q;;2*-1;+2. The maximum Gasteiger partial charge on any atom is 2.00 e. The van der Waals surface area contributed by atoms with Crippen molar-refractivity contribution in [1.29, 1.82) is 0 Å². The molecule has 0 aromatic heterocycles. The summed E-state index contributed by atoms with van der Waals surface area (Å²) in [6.07, 6.45) is -5.97. The van der Waals surface area contributed by atoms with Crippen LogP contribution in [0.4, 0.5) is 26.3 Å². The van der Waals surface area contributed by atoms with Crippen LogP contribution in [0.2, 0.25) is 0 Å². The van der Waals surface area contributed by atoms with Gasteiger partial charge in [-0.2, -0.15) is 26.3 Å². The number of allylic oxidation sites excluding steroid dienone is 4. The first-order chi connectivity index (χ1) is 12.4. The maximum absolute atomic E-state index is 11.4. The molecule has 0 rings (SSSR count). The Labute approximate surface area is 182 Å². The molecule has 29 heavy (non-hydrogen) atoms. The number of carbonyl (C=O) groups is 2. The summed E-state index contributed by atoms with van der Waals surface area (Å²) in [4.78, 5) is 20.0. The van der Waals surface area contributed by atoms with Crippen molar-refractivity contribution < 1.29 is 67.9 Å². The van der Waals surface area contributed by atoms with Crippen molar-refractivity contribution >= 4 is 11.6 Å². The van der Waals surface area contributed by atoms with Crippen LogP contribution in [0.5, 0.6) is 0 Å². The molecule has 0 heterocycles. The summed E-state index contributed by atoms with van der Waals surface area (Å²) >= 11 is 0. The van der Waals surface area contributed by atoms with Crippen molar-refractivity contribution in [3.8, 4) is 0 Å². The Bertz CT molecular complexity index is 409. The van der Waals surface area contributed by atoms with E-state index in [0.29, 0.717) is 25.0 Å². The second kappa shape index (κ2) is 21.7. The zero-order valence-corrected chi connectivity index (χ0v) is 18.8. The molecule has 0 radical (unpaired) electrons. The van der Waals surface area contributed by atoms with Crippen molar-refractivity contribution in [2.45, 2.75) is 78.9 Å². The third kappa shape index (κ3) is 46.8. The minimum Gasteiger partial charge on any atom is -0.852 e. The number of halogens is 6. The molecule has 11 heteroatoms. The first-order valence-corrected chi connectivity index (χ1v) is 8.30. The fourth-order valence-corrected chi connectivity index (χ4v) is 0.639. The van der Waals surface area contributed by atoms with E-state index in [1.54, 1.807) is 41.5 Å². The van der Waals surface area contributed by atoms with Gasteiger partial charge in [-0.1, -0.05) is 53.7 Å². The molecule has 170 valence electrons. The number of rotatable bonds is 4. The molecule has 0 atom stereocenters. The van der Waals surface area contributed by atoms with E-state index in [1.807, 2.05) is 0 Å². The van der Waals surface area contributed by atoms with Gasteiger partial charge in [0.2, 0.25) is 0 Å². The minimum atomic E-state index is -4.72. The zero-order chi connectivity index (χ0) is 23.6. The number of ketones is 2. The van der Waals surface area contributed by atoms with Gasteiger partial charge in [0.1, 0.15) is 0 Å². The predicted octanol–water partition coefficient (Wildman–Crippen LogP) is 3.68. The normalized spacial score (nSPS) is 11.0. The van der Waals surface area contributed by atoms with E-state index in [9.17, 15) is 46.1 Å². The van der Waals surface area contributed by atoms with Gasteiger partial charge in [-0.15, -0.1) is 12.2 Å². The van der Waals surface area contributed by atoms with E-state index < -0.39 is 36.1 Å². The monoisotopic (exact) mass is 470 g/mol. The predicted molar refractivity (Wildman–Crippen MR) is 91.3 cm³/mol. The molecule has 0 aromatic rings. The van der Waals surface area contributed by atoms with Crippen LogP contribution in [0.25, 0.3) is 0 Å². The quantitative estimate of drug-likeness (QED) is 0.357. The van der Waals surface area contributed by atoms with Crippen LogP contribution < -0.4 is 10.2 Å². The summed E-state index contributed by atoms with van der Waals surface area (Å²) in [6.45, 7) is 9.75. The van der Waals surface area contributed by atoms with Gasteiger partial charge in [-0.05, 0) is 25.0 Å². The number of hydrogen-bond donors (Lipinski definition) is 0. The van der Waals surface area contributed by atoms with E-state index in [4.69, 9.17) is 0 Å². The van der Waals surface area contributed by atoms with Gasteiger partial charge >= 0.3 is 34.1 Å². The third-order valence-electron chi connectivity index (χ3n) is 1.57. The van der Waals surface area contributed by atoms with E-state index in [2.05, 4.69) is 0 Å².